The number of amides is 2. The third-order valence-electron chi connectivity index (χ3n) is 5.64. The summed E-state index contributed by atoms with van der Waals surface area (Å²) in [5.74, 6) is -0.0181. The molecule has 0 aromatic carbocycles. The number of nitrogen functional groups attached to an aromatic ring is 1. The molecule has 24 heavy (non-hydrogen) atoms. The van der Waals surface area contributed by atoms with E-state index in [1.54, 1.807) is 4.90 Å². The fraction of sp³-hybridized carbons (Fsp3) is 0.647. The molecule has 1 saturated carbocycles. The van der Waals surface area contributed by atoms with Crippen LogP contribution in [0.1, 0.15) is 60.3 Å². The summed E-state index contributed by atoms with van der Waals surface area (Å²) in [6.45, 7) is 1.03. The van der Waals surface area contributed by atoms with Gasteiger partial charge < -0.3 is 16.0 Å². The van der Waals surface area contributed by atoms with Gasteiger partial charge in [0.1, 0.15) is 11.2 Å². The number of hydrogen-bond acceptors (Lipinski definition) is 5. The second-order valence-electron chi connectivity index (χ2n) is 7.01. The number of carbonyl (C=O) groups is 2. The van der Waals surface area contributed by atoms with E-state index in [4.69, 9.17) is 5.73 Å². The third-order valence-corrected chi connectivity index (χ3v) is 5.64. The molecule has 128 valence electrons. The second kappa shape index (κ2) is 5.72. The van der Waals surface area contributed by atoms with Crippen molar-refractivity contribution in [1.82, 2.24) is 20.2 Å². The van der Waals surface area contributed by atoms with Crippen LogP contribution in [0.2, 0.25) is 0 Å². The number of aromatic nitrogens is 2. The Labute approximate surface area is 141 Å². The largest absolute Gasteiger partial charge is 0.368 e. The number of hydrogen-bond donors (Lipinski definition) is 2. The molecule has 0 atom stereocenters. The first-order valence-corrected chi connectivity index (χ1v) is 8.87. The lowest BCUT2D eigenvalue weighted by Crippen LogP contribution is -2.65. The molecule has 7 nitrogen and oxygen atoms in total. The predicted octanol–water partition coefficient (Wildman–Crippen LogP) is 0.822. The van der Waals surface area contributed by atoms with E-state index in [1.807, 2.05) is 0 Å². The molecular formula is C17H23N5O2. The minimum absolute atomic E-state index is 0.0181. The lowest BCUT2D eigenvalue weighted by molar-refractivity contribution is -0.134. The highest BCUT2D eigenvalue weighted by atomic mass is 16.2. The first-order chi connectivity index (χ1) is 11.6. The molecule has 0 bridgehead atoms. The standard InChI is InChI=1S/C17H23N5O2/c18-16-20-12-6-2-1-5-11(12)13(21-16)14(23)22-10-9-19-15(24)17(22)7-3-4-8-17/h1-10H2,(H,19,24)(H2,18,20,21). The smallest absolute Gasteiger partial charge is 0.273 e. The molecule has 4 rings (SSSR count). The van der Waals surface area contributed by atoms with Gasteiger partial charge >= 0.3 is 0 Å². The minimum atomic E-state index is -0.698. The number of nitrogens with zero attached hydrogens (tertiary/aromatic N) is 3. The minimum Gasteiger partial charge on any atom is -0.368 e. The van der Waals surface area contributed by atoms with Gasteiger partial charge in [0.2, 0.25) is 11.9 Å². The molecule has 7 heteroatoms. The van der Waals surface area contributed by atoms with Gasteiger partial charge in [-0.25, -0.2) is 9.97 Å². The number of piperazine rings is 1. The summed E-state index contributed by atoms with van der Waals surface area (Å²) in [6.07, 6.45) is 7.15. The SMILES string of the molecule is Nc1nc2c(c(C(=O)N3CCNC(=O)C34CCCC4)n1)CCCC2. The van der Waals surface area contributed by atoms with E-state index in [0.29, 0.717) is 18.8 Å². The normalized spacial score (nSPS) is 22.3. The number of rotatable bonds is 1. The molecule has 3 aliphatic rings. The van der Waals surface area contributed by atoms with E-state index in [9.17, 15) is 9.59 Å². The van der Waals surface area contributed by atoms with Crippen molar-refractivity contribution in [2.75, 3.05) is 18.8 Å². The van der Waals surface area contributed by atoms with Crippen LogP contribution in [0.5, 0.6) is 0 Å². The summed E-state index contributed by atoms with van der Waals surface area (Å²) in [5, 5.41) is 2.93. The molecule has 2 heterocycles. The van der Waals surface area contributed by atoms with Crippen molar-refractivity contribution < 1.29 is 9.59 Å². The average Bonchev–Trinajstić information content (AvgIpc) is 3.06. The highest BCUT2D eigenvalue weighted by molar-refractivity contribution is 6.00. The molecule has 0 radical (unpaired) electrons. The molecular weight excluding hydrogens is 306 g/mol. The lowest BCUT2D eigenvalue weighted by atomic mass is 9.89. The number of carbonyl (C=O) groups excluding carboxylic acids is 2. The summed E-state index contributed by atoms with van der Waals surface area (Å²) in [6, 6.07) is 0. The summed E-state index contributed by atoms with van der Waals surface area (Å²) in [4.78, 5) is 36.3. The zero-order valence-electron chi connectivity index (χ0n) is 13.8. The van der Waals surface area contributed by atoms with Crippen molar-refractivity contribution in [1.29, 1.82) is 0 Å². The fourth-order valence-electron chi connectivity index (χ4n) is 4.45. The van der Waals surface area contributed by atoms with Crippen LogP contribution in [-0.2, 0) is 17.6 Å². The molecule has 1 spiro atoms. The topological polar surface area (TPSA) is 101 Å². The van der Waals surface area contributed by atoms with Crippen LogP contribution >= 0.6 is 0 Å². The van der Waals surface area contributed by atoms with E-state index in [1.165, 1.54) is 0 Å². The van der Waals surface area contributed by atoms with Crippen LogP contribution in [0.15, 0.2) is 0 Å². The second-order valence-corrected chi connectivity index (χ2v) is 7.01. The zero-order chi connectivity index (χ0) is 16.7. The molecule has 0 unspecified atom stereocenters. The maximum Gasteiger partial charge on any atom is 0.273 e. The van der Waals surface area contributed by atoms with Gasteiger partial charge in [0, 0.05) is 24.3 Å². The number of fused-ring (bicyclic) bond motifs is 1. The van der Waals surface area contributed by atoms with Crippen LogP contribution in [0.3, 0.4) is 0 Å². The number of aryl methyl sites for hydroxylation is 1. The summed E-state index contributed by atoms with van der Waals surface area (Å²) >= 11 is 0. The van der Waals surface area contributed by atoms with Gasteiger partial charge in [0.25, 0.3) is 5.91 Å². The average molecular weight is 329 g/mol. The Kier molecular flexibility index (Phi) is 3.66. The van der Waals surface area contributed by atoms with Gasteiger partial charge in [0.05, 0.1) is 0 Å². The van der Waals surface area contributed by atoms with Crippen molar-refractivity contribution >= 4 is 17.8 Å². The van der Waals surface area contributed by atoms with Crippen molar-refractivity contribution in [3.8, 4) is 0 Å². The maximum absolute atomic E-state index is 13.3. The van der Waals surface area contributed by atoms with E-state index < -0.39 is 5.54 Å². The van der Waals surface area contributed by atoms with Crippen LogP contribution in [0.4, 0.5) is 5.95 Å². The van der Waals surface area contributed by atoms with Crippen LogP contribution in [0.25, 0.3) is 0 Å². The third kappa shape index (κ3) is 2.25. The van der Waals surface area contributed by atoms with Gasteiger partial charge in [-0.05, 0) is 38.5 Å². The Morgan fingerprint density at radius 2 is 1.88 bits per heavy atom. The first kappa shape index (κ1) is 15.4. The summed E-state index contributed by atoms with van der Waals surface area (Å²) < 4.78 is 0. The molecule has 2 fully saturated rings. The van der Waals surface area contributed by atoms with Crippen LogP contribution in [-0.4, -0.2) is 45.3 Å². The maximum atomic E-state index is 13.3. The van der Waals surface area contributed by atoms with Crippen LogP contribution < -0.4 is 11.1 Å². The molecule has 2 aliphatic carbocycles. The lowest BCUT2D eigenvalue weighted by Gasteiger charge is -2.43. The molecule has 2 amide bonds. The molecule has 3 N–H and O–H groups in total. The van der Waals surface area contributed by atoms with Gasteiger partial charge in [-0.3, -0.25) is 9.59 Å². The Bertz CT molecular complexity index is 696. The number of nitrogens with two attached hydrogens (primary N) is 1. The van der Waals surface area contributed by atoms with Gasteiger partial charge in [0.15, 0.2) is 0 Å². The Morgan fingerprint density at radius 1 is 1.12 bits per heavy atom. The van der Waals surface area contributed by atoms with E-state index in [-0.39, 0.29) is 17.8 Å². The molecule has 1 aliphatic heterocycles. The van der Waals surface area contributed by atoms with Crippen molar-refractivity contribution in [2.45, 2.75) is 56.9 Å². The van der Waals surface area contributed by atoms with Crippen molar-refractivity contribution in [2.24, 2.45) is 0 Å². The van der Waals surface area contributed by atoms with Gasteiger partial charge in [-0.2, -0.15) is 0 Å². The number of nitrogens with one attached hydrogen (secondary N) is 1. The quantitative estimate of drug-likeness (QED) is 0.794. The fourth-order valence-corrected chi connectivity index (χ4v) is 4.45. The zero-order valence-corrected chi connectivity index (χ0v) is 13.8. The van der Waals surface area contributed by atoms with Crippen LogP contribution in [0, 0.1) is 0 Å². The number of anilines is 1. The van der Waals surface area contributed by atoms with E-state index >= 15 is 0 Å². The Hall–Kier alpha value is -2.18. The summed E-state index contributed by atoms with van der Waals surface area (Å²) in [5.41, 5.74) is 7.40. The van der Waals surface area contributed by atoms with E-state index in [2.05, 4.69) is 15.3 Å². The highest BCUT2D eigenvalue weighted by Gasteiger charge is 2.50. The molecule has 1 saturated heterocycles. The predicted molar refractivity (Wildman–Crippen MR) is 88.3 cm³/mol. The molecule has 1 aromatic heterocycles. The monoisotopic (exact) mass is 329 g/mol. The van der Waals surface area contributed by atoms with Crippen molar-refractivity contribution in [3.63, 3.8) is 0 Å². The Morgan fingerprint density at radius 3 is 2.67 bits per heavy atom. The highest BCUT2D eigenvalue weighted by Crippen LogP contribution is 2.38. The van der Waals surface area contributed by atoms with Crippen molar-refractivity contribution in [3.05, 3.63) is 17.0 Å². The van der Waals surface area contributed by atoms with E-state index in [0.717, 1.165) is 62.6 Å². The Balaban J connectivity index is 1.75. The van der Waals surface area contributed by atoms with Gasteiger partial charge in [-0.15, -0.1) is 0 Å². The first-order valence-electron chi connectivity index (χ1n) is 8.87. The molecule has 1 aromatic rings. The summed E-state index contributed by atoms with van der Waals surface area (Å²) in [7, 11) is 0. The van der Waals surface area contributed by atoms with Gasteiger partial charge in [-0.1, -0.05) is 12.8 Å².